The number of nitrogens with one attached hydrogen (secondary N) is 1. The van der Waals surface area contributed by atoms with E-state index in [0.29, 0.717) is 16.9 Å². The van der Waals surface area contributed by atoms with E-state index in [2.05, 4.69) is 31.8 Å². The number of fused-ring (bicyclic) bond motifs is 1. The van der Waals surface area contributed by atoms with Crippen molar-refractivity contribution in [2.45, 2.75) is 13.0 Å². The zero-order valence-electron chi connectivity index (χ0n) is 7.52. The van der Waals surface area contributed by atoms with E-state index in [1.807, 2.05) is 0 Å². The molecule has 14 heavy (non-hydrogen) atoms. The molecule has 0 spiro atoms. The highest BCUT2D eigenvalue weighted by Gasteiger charge is 2.02. The molecule has 0 radical (unpaired) electrons. The Labute approximate surface area is 80.2 Å². The molecule has 0 fully saturated rings. The number of imidazole rings is 1. The van der Waals surface area contributed by atoms with Crippen molar-refractivity contribution < 1.29 is 5.11 Å². The fraction of sp³-hybridized carbons (Fsp3) is 0.222. The fourth-order valence-electron chi connectivity index (χ4n) is 1.03. The van der Waals surface area contributed by atoms with E-state index < -0.39 is 6.10 Å². The average Bonchev–Trinajstić information content (AvgIpc) is 2.62. The van der Waals surface area contributed by atoms with Crippen molar-refractivity contribution in [2.75, 3.05) is 0 Å². The molecule has 2 aromatic rings. The van der Waals surface area contributed by atoms with Crippen LogP contribution in [0.1, 0.15) is 12.6 Å². The Morgan fingerprint density at radius 2 is 2.29 bits per heavy atom. The zero-order chi connectivity index (χ0) is 9.97. The first kappa shape index (κ1) is 8.66. The summed E-state index contributed by atoms with van der Waals surface area (Å²) in [6, 6.07) is 0. The van der Waals surface area contributed by atoms with Crippen LogP contribution in [0.15, 0.2) is 12.7 Å². The number of H-pyrrole nitrogens is 1. The topological polar surface area (TPSA) is 74.7 Å². The van der Waals surface area contributed by atoms with E-state index in [0.717, 1.165) is 0 Å². The van der Waals surface area contributed by atoms with Crippen molar-refractivity contribution >= 4 is 11.2 Å². The van der Waals surface area contributed by atoms with Gasteiger partial charge in [-0.05, 0) is 12.8 Å². The molecule has 0 aliphatic carbocycles. The molecular formula is C9H8N4O. The van der Waals surface area contributed by atoms with Crippen LogP contribution in [0.2, 0.25) is 0 Å². The largest absolute Gasteiger partial charge is 0.381 e. The molecule has 0 aliphatic rings. The lowest BCUT2D eigenvalue weighted by molar-refractivity contribution is 0.253. The normalized spacial score (nSPS) is 12.1. The SMILES string of the molecule is C[C@H](O)C#Cc1ncnc2nc[nH]c12. The molecule has 1 atom stereocenters. The third-order valence-electron chi connectivity index (χ3n) is 1.62. The van der Waals surface area contributed by atoms with Crippen LogP contribution in [-0.2, 0) is 0 Å². The average molecular weight is 188 g/mol. The lowest BCUT2D eigenvalue weighted by atomic mass is 10.3. The van der Waals surface area contributed by atoms with E-state index in [1.165, 1.54) is 12.7 Å². The lowest BCUT2D eigenvalue weighted by Gasteiger charge is -1.91. The van der Waals surface area contributed by atoms with Gasteiger partial charge in [0.1, 0.15) is 23.6 Å². The van der Waals surface area contributed by atoms with Crippen LogP contribution in [0.3, 0.4) is 0 Å². The Bertz CT molecular complexity index is 506. The molecule has 0 saturated heterocycles. The fourth-order valence-corrected chi connectivity index (χ4v) is 1.03. The molecule has 0 amide bonds. The monoisotopic (exact) mass is 188 g/mol. The molecule has 0 aromatic carbocycles. The van der Waals surface area contributed by atoms with Crippen molar-refractivity contribution in [3.63, 3.8) is 0 Å². The van der Waals surface area contributed by atoms with Gasteiger partial charge in [0.15, 0.2) is 5.65 Å². The van der Waals surface area contributed by atoms with Crippen LogP contribution in [0.5, 0.6) is 0 Å². The number of aliphatic hydroxyl groups excluding tert-OH is 1. The van der Waals surface area contributed by atoms with Crippen molar-refractivity contribution in [3.05, 3.63) is 18.3 Å². The van der Waals surface area contributed by atoms with Gasteiger partial charge in [-0.15, -0.1) is 0 Å². The van der Waals surface area contributed by atoms with Gasteiger partial charge < -0.3 is 10.1 Å². The van der Waals surface area contributed by atoms with Crippen molar-refractivity contribution in [1.82, 2.24) is 19.9 Å². The summed E-state index contributed by atoms with van der Waals surface area (Å²) in [5.41, 5.74) is 1.82. The molecule has 0 unspecified atom stereocenters. The number of nitrogens with zero attached hydrogens (tertiary/aromatic N) is 3. The number of hydrogen-bond acceptors (Lipinski definition) is 4. The maximum Gasteiger partial charge on any atom is 0.181 e. The van der Waals surface area contributed by atoms with Gasteiger partial charge >= 0.3 is 0 Å². The van der Waals surface area contributed by atoms with E-state index >= 15 is 0 Å². The molecule has 0 bridgehead atoms. The van der Waals surface area contributed by atoms with Gasteiger partial charge in [-0.3, -0.25) is 0 Å². The van der Waals surface area contributed by atoms with Crippen LogP contribution in [0.4, 0.5) is 0 Å². The number of rotatable bonds is 0. The standard InChI is InChI=1S/C9H8N4O/c1-6(14)2-3-7-8-9(12-4-10-7)13-5-11-8/h4-6,14H,1H3,(H,10,11,12,13)/t6-/m0/s1. The summed E-state index contributed by atoms with van der Waals surface area (Å²) in [6.45, 7) is 1.60. The predicted molar refractivity (Wildman–Crippen MR) is 50.2 cm³/mol. The van der Waals surface area contributed by atoms with E-state index in [-0.39, 0.29) is 0 Å². The van der Waals surface area contributed by atoms with Crippen LogP contribution in [0.25, 0.3) is 11.2 Å². The highest BCUT2D eigenvalue weighted by Crippen LogP contribution is 2.07. The van der Waals surface area contributed by atoms with Gasteiger partial charge in [0, 0.05) is 0 Å². The third kappa shape index (κ3) is 1.56. The van der Waals surface area contributed by atoms with Gasteiger partial charge in [0.2, 0.25) is 0 Å². The molecule has 5 heteroatoms. The molecule has 70 valence electrons. The highest BCUT2D eigenvalue weighted by molar-refractivity contribution is 5.75. The Kier molecular flexibility index (Phi) is 2.13. The molecule has 5 nitrogen and oxygen atoms in total. The maximum absolute atomic E-state index is 8.99. The summed E-state index contributed by atoms with van der Waals surface area (Å²) in [5, 5.41) is 8.99. The van der Waals surface area contributed by atoms with Gasteiger partial charge in [-0.1, -0.05) is 5.92 Å². The van der Waals surface area contributed by atoms with Gasteiger partial charge in [-0.25, -0.2) is 15.0 Å². The van der Waals surface area contributed by atoms with Crippen LogP contribution in [-0.4, -0.2) is 31.1 Å². The van der Waals surface area contributed by atoms with Crippen LogP contribution >= 0.6 is 0 Å². The summed E-state index contributed by atoms with van der Waals surface area (Å²) >= 11 is 0. The Morgan fingerprint density at radius 3 is 3.07 bits per heavy atom. The molecule has 0 aliphatic heterocycles. The van der Waals surface area contributed by atoms with Crippen LogP contribution in [0, 0.1) is 11.8 Å². The summed E-state index contributed by atoms with van der Waals surface area (Å²) in [6.07, 6.45) is 2.27. The first-order valence-electron chi connectivity index (χ1n) is 4.11. The second kappa shape index (κ2) is 3.44. The number of aliphatic hydroxyl groups is 1. The summed E-state index contributed by atoms with van der Waals surface area (Å²) in [4.78, 5) is 14.8. The Morgan fingerprint density at radius 1 is 1.43 bits per heavy atom. The predicted octanol–water partition coefficient (Wildman–Crippen LogP) is 0.0852. The smallest absolute Gasteiger partial charge is 0.181 e. The highest BCUT2D eigenvalue weighted by atomic mass is 16.3. The van der Waals surface area contributed by atoms with Crippen molar-refractivity contribution in [1.29, 1.82) is 0 Å². The summed E-state index contributed by atoms with van der Waals surface area (Å²) < 4.78 is 0. The first-order chi connectivity index (χ1) is 6.77. The molecular weight excluding hydrogens is 180 g/mol. The second-order valence-corrected chi connectivity index (χ2v) is 2.77. The third-order valence-corrected chi connectivity index (χ3v) is 1.62. The Hall–Kier alpha value is -1.93. The summed E-state index contributed by atoms with van der Waals surface area (Å²) in [7, 11) is 0. The minimum absolute atomic E-state index is 0.549. The quantitative estimate of drug-likeness (QED) is 0.574. The Balaban J connectivity index is 2.53. The minimum atomic E-state index is -0.664. The minimum Gasteiger partial charge on any atom is -0.381 e. The van der Waals surface area contributed by atoms with Crippen molar-refractivity contribution in [2.24, 2.45) is 0 Å². The number of aromatic amines is 1. The molecule has 2 aromatic heterocycles. The number of aromatic nitrogens is 4. The van der Waals surface area contributed by atoms with Gasteiger partial charge in [0.05, 0.1) is 6.33 Å². The summed E-state index contributed by atoms with van der Waals surface area (Å²) in [5.74, 6) is 5.36. The maximum atomic E-state index is 8.99. The van der Waals surface area contributed by atoms with Crippen molar-refractivity contribution in [3.8, 4) is 11.8 Å². The first-order valence-corrected chi connectivity index (χ1v) is 4.11. The van der Waals surface area contributed by atoms with Crippen LogP contribution < -0.4 is 0 Å². The molecule has 2 heterocycles. The second-order valence-electron chi connectivity index (χ2n) is 2.77. The van der Waals surface area contributed by atoms with E-state index in [9.17, 15) is 0 Å². The van der Waals surface area contributed by atoms with Gasteiger partial charge in [0.25, 0.3) is 0 Å². The van der Waals surface area contributed by atoms with E-state index in [4.69, 9.17) is 5.11 Å². The number of hydrogen-bond donors (Lipinski definition) is 2. The molecule has 2 rings (SSSR count). The molecule has 0 saturated carbocycles. The zero-order valence-corrected chi connectivity index (χ0v) is 7.52. The van der Waals surface area contributed by atoms with Gasteiger partial charge in [-0.2, -0.15) is 0 Å². The van der Waals surface area contributed by atoms with E-state index in [1.54, 1.807) is 6.92 Å². The molecule has 2 N–H and O–H groups in total. The lowest BCUT2D eigenvalue weighted by Crippen LogP contribution is -1.94.